The highest BCUT2D eigenvalue weighted by Crippen LogP contribution is 2.21. The molecule has 0 unspecified atom stereocenters. The average molecular weight is 400 g/mol. The van der Waals surface area contributed by atoms with Crippen molar-refractivity contribution in [3.8, 4) is 11.5 Å². The van der Waals surface area contributed by atoms with Gasteiger partial charge in [-0.05, 0) is 43.3 Å². The van der Waals surface area contributed by atoms with E-state index in [1.807, 2.05) is 0 Å². The standard InChI is InChI=1S/C20H18ClN3O4/c1-2-27-20(26)15-5-3-4-6-16(15)22-17(25)11-12-18-23-24-19(28-18)13-7-9-14(21)10-8-13/h3-10H,2,11-12H2,1H3,(H,22,25). The van der Waals surface area contributed by atoms with Crippen molar-refractivity contribution in [2.75, 3.05) is 11.9 Å². The molecule has 1 amide bonds. The van der Waals surface area contributed by atoms with E-state index in [1.165, 1.54) is 0 Å². The molecule has 1 N–H and O–H groups in total. The lowest BCUT2D eigenvalue weighted by Gasteiger charge is -2.09. The predicted molar refractivity (Wildman–Crippen MR) is 104 cm³/mol. The second-order valence-corrected chi connectivity index (χ2v) is 6.26. The molecule has 2 aromatic carbocycles. The van der Waals surface area contributed by atoms with Crippen molar-refractivity contribution in [2.24, 2.45) is 0 Å². The van der Waals surface area contributed by atoms with E-state index in [1.54, 1.807) is 55.5 Å². The molecular weight excluding hydrogens is 382 g/mol. The first-order chi connectivity index (χ1) is 13.6. The lowest BCUT2D eigenvalue weighted by molar-refractivity contribution is -0.116. The maximum absolute atomic E-state index is 12.3. The summed E-state index contributed by atoms with van der Waals surface area (Å²) in [5, 5.41) is 11.3. The fourth-order valence-corrected chi connectivity index (χ4v) is 2.60. The van der Waals surface area contributed by atoms with Gasteiger partial charge in [-0.3, -0.25) is 4.79 Å². The number of esters is 1. The molecule has 0 aliphatic heterocycles. The van der Waals surface area contributed by atoms with Crippen LogP contribution in [-0.2, 0) is 16.0 Å². The zero-order chi connectivity index (χ0) is 19.9. The van der Waals surface area contributed by atoms with Gasteiger partial charge in [-0.1, -0.05) is 23.7 Å². The number of benzene rings is 2. The highest BCUT2D eigenvalue weighted by Gasteiger charge is 2.15. The number of hydrogen-bond acceptors (Lipinski definition) is 6. The highest BCUT2D eigenvalue weighted by molar-refractivity contribution is 6.30. The van der Waals surface area contributed by atoms with Crippen LogP contribution >= 0.6 is 11.6 Å². The van der Waals surface area contributed by atoms with Crippen LogP contribution in [0.5, 0.6) is 0 Å². The smallest absolute Gasteiger partial charge is 0.340 e. The number of amides is 1. The lowest BCUT2D eigenvalue weighted by atomic mass is 10.1. The Hall–Kier alpha value is -3.19. The van der Waals surface area contributed by atoms with Crippen molar-refractivity contribution < 1.29 is 18.7 Å². The van der Waals surface area contributed by atoms with E-state index in [2.05, 4.69) is 15.5 Å². The van der Waals surface area contributed by atoms with Crippen LogP contribution in [0.3, 0.4) is 0 Å². The Morgan fingerprint density at radius 3 is 2.61 bits per heavy atom. The number of rotatable bonds is 7. The number of nitrogens with zero attached hydrogens (tertiary/aromatic N) is 2. The first kappa shape index (κ1) is 19.6. The molecule has 1 aromatic heterocycles. The minimum atomic E-state index is -0.483. The lowest BCUT2D eigenvalue weighted by Crippen LogP contribution is -2.16. The average Bonchev–Trinajstić information content (AvgIpc) is 3.16. The van der Waals surface area contributed by atoms with Crippen LogP contribution in [0.2, 0.25) is 5.02 Å². The number of aromatic nitrogens is 2. The molecule has 7 nitrogen and oxygen atoms in total. The minimum absolute atomic E-state index is 0.124. The van der Waals surface area contributed by atoms with Gasteiger partial charge in [-0.25, -0.2) is 4.79 Å². The molecule has 28 heavy (non-hydrogen) atoms. The number of carbonyl (C=O) groups excluding carboxylic acids is 2. The summed E-state index contributed by atoms with van der Waals surface area (Å²) >= 11 is 5.86. The van der Waals surface area contributed by atoms with E-state index in [9.17, 15) is 9.59 Å². The van der Waals surface area contributed by atoms with E-state index in [-0.39, 0.29) is 25.4 Å². The molecule has 0 bridgehead atoms. The van der Waals surface area contributed by atoms with Gasteiger partial charge in [0.25, 0.3) is 0 Å². The van der Waals surface area contributed by atoms with Crippen molar-refractivity contribution in [1.29, 1.82) is 0 Å². The van der Waals surface area contributed by atoms with Gasteiger partial charge in [0.15, 0.2) is 0 Å². The van der Waals surface area contributed by atoms with Gasteiger partial charge >= 0.3 is 5.97 Å². The van der Waals surface area contributed by atoms with Crippen LogP contribution in [-0.4, -0.2) is 28.7 Å². The Morgan fingerprint density at radius 1 is 1.11 bits per heavy atom. The van der Waals surface area contributed by atoms with Gasteiger partial charge in [0.2, 0.25) is 17.7 Å². The summed E-state index contributed by atoms with van der Waals surface area (Å²) < 4.78 is 10.6. The molecule has 3 aromatic rings. The Labute approximate surface area is 166 Å². The van der Waals surface area contributed by atoms with Gasteiger partial charge in [0.05, 0.1) is 17.9 Å². The molecule has 1 heterocycles. The van der Waals surface area contributed by atoms with Crippen molar-refractivity contribution in [1.82, 2.24) is 10.2 Å². The van der Waals surface area contributed by atoms with Gasteiger partial charge in [0.1, 0.15) is 0 Å². The molecule has 8 heteroatoms. The zero-order valence-corrected chi connectivity index (χ0v) is 15.9. The first-order valence-electron chi connectivity index (χ1n) is 8.71. The van der Waals surface area contributed by atoms with E-state index in [4.69, 9.17) is 20.8 Å². The molecule has 0 fully saturated rings. The number of ether oxygens (including phenoxy) is 1. The summed E-state index contributed by atoms with van der Waals surface area (Å²) in [6.45, 7) is 1.98. The van der Waals surface area contributed by atoms with Crippen molar-refractivity contribution >= 4 is 29.2 Å². The Morgan fingerprint density at radius 2 is 1.86 bits per heavy atom. The molecule has 0 saturated carbocycles. The van der Waals surface area contributed by atoms with E-state index in [0.29, 0.717) is 28.1 Å². The number of hydrogen-bond donors (Lipinski definition) is 1. The third kappa shape index (κ3) is 4.95. The van der Waals surface area contributed by atoms with Crippen LogP contribution in [0.15, 0.2) is 52.9 Å². The molecule has 0 saturated heterocycles. The molecule has 144 valence electrons. The van der Waals surface area contributed by atoms with Gasteiger partial charge in [-0.15, -0.1) is 10.2 Å². The Balaban J connectivity index is 1.60. The third-order valence-corrected chi connectivity index (χ3v) is 4.07. The maximum Gasteiger partial charge on any atom is 0.340 e. The highest BCUT2D eigenvalue weighted by atomic mass is 35.5. The Kier molecular flexibility index (Phi) is 6.39. The van der Waals surface area contributed by atoms with Crippen molar-refractivity contribution in [2.45, 2.75) is 19.8 Å². The number of halogens is 1. The Bertz CT molecular complexity index is 970. The zero-order valence-electron chi connectivity index (χ0n) is 15.1. The molecule has 3 rings (SSSR count). The van der Waals surface area contributed by atoms with Crippen LogP contribution in [0.25, 0.3) is 11.5 Å². The molecule has 0 radical (unpaired) electrons. The molecule has 0 aliphatic rings. The summed E-state index contributed by atoms with van der Waals surface area (Å²) in [5.41, 5.74) is 1.45. The van der Waals surface area contributed by atoms with Crippen LogP contribution in [0.4, 0.5) is 5.69 Å². The first-order valence-corrected chi connectivity index (χ1v) is 9.09. The summed E-state index contributed by atoms with van der Waals surface area (Å²) in [6.07, 6.45) is 0.396. The largest absolute Gasteiger partial charge is 0.462 e. The number of anilines is 1. The summed E-state index contributed by atoms with van der Waals surface area (Å²) in [5.74, 6) is -0.0515. The topological polar surface area (TPSA) is 94.3 Å². The minimum Gasteiger partial charge on any atom is -0.462 e. The summed E-state index contributed by atoms with van der Waals surface area (Å²) in [7, 11) is 0. The summed E-state index contributed by atoms with van der Waals surface area (Å²) in [6, 6.07) is 13.7. The summed E-state index contributed by atoms with van der Waals surface area (Å²) in [4.78, 5) is 24.2. The number of nitrogens with one attached hydrogen (secondary N) is 1. The van der Waals surface area contributed by atoms with Gasteiger partial charge in [-0.2, -0.15) is 0 Å². The van der Waals surface area contributed by atoms with E-state index in [0.717, 1.165) is 5.56 Å². The van der Waals surface area contributed by atoms with Crippen LogP contribution in [0, 0.1) is 0 Å². The fraction of sp³-hybridized carbons (Fsp3) is 0.200. The quantitative estimate of drug-likeness (QED) is 0.600. The molecule has 0 spiro atoms. The van der Waals surface area contributed by atoms with Crippen molar-refractivity contribution in [3.63, 3.8) is 0 Å². The number of para-hydroxylation sites is 1. The SMILES string of the molecule is CCOC(=O)c1ccccc1NC(=O)CCc1nnc(-c2ccc(Cl)cc2)o1. The normalized spacial score (nSPS) is 10.5. The molecular formula is C20H18ClN3O4. The van der Waals surface area contributed by atoms with Crippen LogP contribution < -0.4 is 5.32 Å². The number of aryl methyl sites for hydroxylation is 1. The molecule has 0 aliphatic carbocycles. The number of carbonyl (C=O) groups is 2. The third-order valence-electron chi connectivity index (χ3n) is 3.82. The second kappa shape index (κ2) is 9.14. The van der Waals surface area contributed by atoms with Gasteiger partial charge < -0.3 is 14.5 Å². The second-order valence-electron chi connectivity index (χ2n) is 5.82. The van der Waals surface area contributed by atoms with Crippen molar-refractivity contribution in [3.05, 3.63) is 65.0 Å². The van der Waals surface area contributed by atoms with E-state index < -0.39 is 5.97 Å². The fourth-order valence-electron chi connectivity index (χ4n) is 2.48. The maximum atomic E-state index is 12.3. The molecule has 0 atom stereocenters. The predicted octanol–water partition coefficient (Wildman–Crippen LogP) is 4.14. The van der Waals surface area contributed by atoms with Gasteiger partial charge in [0, 0.05) is 23.4 Å². The van der Waals surface area contributed by atoms with Crippen LogP contribution in [0.1, 0.15) is 29.6 Å². The van der Waals surface area contributed by atoms with E-state index >= 15 is 0 Å². The monoisotopic (exact) mass is 399 g/mol.